The summed E-state index contributed by atoms with van der Waals surface area (Å²) in [6.07, 6.45) is 0.755. The second-order valence-electron chi connectivity index (χ2n) is 8.91. The van der Waals surface area contributed by atoms with Gasteiger partial charge in [0.25, 0.3) is 0 Å². The fourth-order valence-corrected chi connectivity index (χ4v) is 3.74. The molecule has 1 N–H and O–H groups in total. The third-order valence-corrected chi connectivity index (χ3v) is 5.40. The van der Waals surface area contributed by atoms with Crippen molar-refractivity contribution < 1.29 is 29.0 Å². The van der Waals surface area contributed by atoms with Crippen LogP contribution in [-0.4, -0.2) is 22.6 Å². The van der Waals surface area contributed by atoms with Crippen LogP contribution in [0.5, 0.6) is 11.5 Å². The molecule has 7 heteroatoms. The van der Waals surface area contributed by atoms with Gasteiger partial charge in [-0.25, -0.2) is 0 Å². The van der Waals surface area contributed by atoms with Crippen LogP contribution in [0.4, 0.5) is 0 Å². The van der Waals surface area contributed by atoms with Crippen LogP contribution in [0.3, 0.4) is 0 Å². The molecule has 0 heterocycles. The zero-order valence-electron chi connectivity index (χ0n) is 22.4. The summed E-state index contributed by atoms with van der Waals surface area (Å²) < 4.78 is 11.5. The molecule has 1 atom stereocenters. The molecule has 3 rings (SSSR count). The largest absolute Gasteiger partial charge is 0.507 e. The molecule has 0 aromatic heterocycles. The van der Waals surface area contributed by atoms with Gasteiger partial charge in [-0.15, -0.1) is 0 Å². The highest BCUT2D eigenvalue weighted by Gasteiger charge is 2.19. The van der Waals surface area contributed by atoms with Crippen molar-refractivity contribution in [3.8, 4) is 17.6 Å². The Labute approximate surface area is 223 Å². The topological polar surface area (TPSA) is 114 Å². The number of aromatic hydroxyl groups is 1. The number of ketones is 2. The third-order valence-electron chi connectivity index (χ3n) is 5.40. The van der Waals surface area contributed by atoms with Crippen molar-refractivity contribution in [2.75, 3.05) is 0 Å². The number of benzene rings is 3. The van der Waals surface area contributed by atoms with Crippen LogP contribution in [0.2, 0.25) is 0 Å². The number of nitrogens with zero attached hydrogens (tertiary/aromatic N) is 1. The van der Waals surface area contributed by atoms with E-state index in [0.717, 1.165) is 17.5 Å². The van der Waals surface area contributed by atoms with Crippen LogP contribution < -0.4 is 4.74 Å². The molecule has 0 amide bonds. The van der Waals surface area contributed by atoms with Gasteiger partial charge in [0.1, 0.15) is 23.9 Å². The number of phenols is 1. The lowest BCUT2D eigenvalue weighted by molar-refractivity contribution is -0.144. The van der Waals surface area contributed by atoms with Gasteiger partial charge in [-0.3, -0.25) is 9.59 Å². The molecule has 0 aliphatic heterocycles. The summed E-state index contributed by atoms with van der Waals surface area (Å²) in [5, 5.41) is 19.7. The van der Waals surface area contributed by atoms with Gasteiger partial charge >= 0.3 is 5.97 Å². The van der Waals surface area contributed by atoms with E-state index in [1.807, 2.05) is 37.3 Å². The summed E-state index contributed by atoms with van der Waals surface area (Å²) in [6, 6.07) is 19.8. The van der Waals surface area contributed by atoms with E-state index in [4.69, 9.17) is 9.47 Å². The smallest absolute Gasteiger partial charge is 0.303 e. The van der Waals surface area contributed by atoms with Crippen molar-refractivity contribution in [3.63, 3.8) is 0 Å². The monoisotopic (exact) mass is 515 g/mol. The maximum atomic E-state index is 11.8. The molecule has 0 unspecified atom stereocenters. The standard InChI is InChI=1S/C28H27NO5.C3H6O/c1-4-6-25-26(14-13-24(18(2)30)27(25)32)33-17-20-9-11-22(12-10-20)28(34-19(3)31)23-8-5-7-21(15-23)16-29;1-3(2)4/h5,7-15,28,32H,4,6,17H2,1-3H3;1-2H3/t28-;/m0./s1. The molecule has 0 aliphatic carbocycles. The average molecular weight is 516 g/mol. The molecule has 0 fully saturated rings. The van der Waals surface area contributed by atoms with Crippen molar-refractivity contribution in [2.24, 2.45) is 0 Å². The Bertz CT molecular complexity index is 1320. The van der Waals surface area contributed by atoms with Crippen molar-refractivity contribution in [2.45, 2.75) is 60.2 Å². The molecule has 0 bridgehead atoms. The van der Waals surface area contributed by atoms with Gasteiger partial charge < -0.3 is 19.4 Å². The summed E-state index contributed by atoms with van der Waals surface area (Å²) in [4.78, 5) is 32.9. The van der Waals surface area contributed by atoms with Crippen LogP contribution in [-0.2, 0) is 27.4 Å². The zero-order chi connectivity index (χ0) is 28.2. The molecule has 198 valence electrons. The van der Waals surface area contributed by atoms with Gasteiger partial charge in [0.2, 0.25) is 0 Å². The predicted molar refractivity (Wildman–Crippen MR) is 144 cm³/mol. The first-order valence-corrected chi connectivity index (χ1v) is 12.3. The molecule has 3 aromatic rings. The molecule has 0 aliphatic rings. The van der Waals surface area contributed by atoms with Crippen molar-refractivity contribution in [1.82, 2.24) is 0 Å². The van der Waals surface area contributed by atoms with Crippen LogP contribution in [0.15, 0.2) is 60.7 Å². The molecule has 0 spiro atoms. The van der Waals surface area contributed by atoms with Crippen LogP contribution in [0.1, 0.15) is 85.3 Å². The Morgan fingerprint density at radius 1 is 0.947 bits per heavy atom. The van der Waals surface area contributed by atoms with Crippen molar-refractivity contribution >= 4 is 17.5 Å². The van der Waals surface area contributed by atoms with Gasteiger partial charge in [0.15, 0.2) is 11.9 Å². The molecule has 0 radical (unpaired) electrons. The number of rotatable bonds is 9. The summed E-state index contributed by atoms with van der Waals surface area (Å²) in [7, 11) is 0. The fourth-order valence-electron chi connectivity index (χ4n) is 3.74. The molecule has 0 saturated carbocycles. The lowest BCUT2D eigenvalue weighted by Gasteiger charge is -2.19. The molecule has 7 nitrogen and oxygen atoms in total. The molecule has 3 aromatic carbocycles. The minimum atomic E-state index is -0.631. The first kappa shape index (κ1) is 29.8. The maximum Gasteiger partial charge on any atom is 0.303 e. The number of ether oxygens (including phenoxy) is 2. The summed E-state index contributed by atoms with van der Waals surface area (Å²) in [5.74, 6) is 0.0715. The Morgan fingerprint density at radius 2 is 1.61 bits per heavy atom. The highest BCUT2D eigenvalue weighted by atomic mass is 16.5. The summed E-state index contributed by atoms with van der Waals surface area (Å²) >= 11 is 0. The van der Waals surface area contributed by atoms with Crippen molar-refractivity contribution in [1.29, 1.82) is 5.26 Å². The molecular weight excluding hydrogens is 482 g/mol. The number of hydrogen-bond donors (Lipinski definition) is 1. The lowest BCUT2D eigenvalue weighted by atomic mass is 9.98. The summed E-state index contributed by atoms with van der Waals surface area (Å²) in [5.41, 5.74) is 3.76. The van der Waals surface area contributed by atoms with E-state index in [9.17, 15) is 24.8 Å². The van der Waals surface area contributed by atoms with E-state index in [1.165, 1.54) is 27.7 Å². The highest BCUT2D eigenvalue weighted by molar-refractivity contribution is 5.97. The number of carbonyl (C=O) groups is 3. The number of carbonyl (C=O) groups excluding carboxylic acids is 3. The minimum absolute atomic E-state index is 0.0222. The highest BCUT2D eigenvalue weighted by Crippen LogP contribution is 2.34. The predicted octanol–water partition coefficient (Wildman–Crippen LogP) is 6.25. The summed E-state index contributed by atoms with van der Waals surface area (Å²) in [6.45, 7) is 8.09. The van der Waals surface area contributed by atoms with E-state index in [2.05, 4.69) is 6.07 Å². The van der Waals surface area contributed by atoms with Crippen LogP contribution >= 0.6 is 0 Å². The number of esters is 1. The first-order chi connectivity index (χ1) is 18.1. The minimum Gasteiger partial charge on any atom is -0.507 e. The van der Waals surface area contributed by atoms with Crippen molar-refractivity contribution in [3.05, 3.63) is 94.0 Å². The van der Waals surface area contributed by atoms with Gasteiger partial charge in [0, 0.05) is 12.5 Å². The SMILES string of the molecule is CC(C)=O.CCCc1c(OCc2ccc([C@H](OC(C)=O)c3cccc(C#N)c3)cc2)ccc(C(C)=O)c1O. The van der Waals surface area contributed by atoms with E-state index in [-0.39, 0.29) is 29.5 Å². The quantitative estimate of drug-likeness (QED) is 0.265. The molecular formula is C31H33NO6. The Balaban J connectivity index is 0.00000118. The molecule has 0 saturated heterocycles. The van der Waals surface area contributed by atoms with Crippen LogP contribution in [0.25, 0.3) is 0 Å². The second-order valence-corrected chi connectivity index (χ2v) is 8.91. The molecule has 38 heavy (non-hydrogen) atoms. The van der Waals surface area contributed by atoms with Gasteiger partial charge in [-0.1, -0.05) is 49.7 Å². The van der Waals surface area contributed by atoms with E-state index >= 15 is 0 Å². The number of hydrogen-bond acceptors (Lipinski definition) is 7. The third kappa shape index (κ3) is 8.59. The average Bonchev–Trinajstić information content (AvgIpc) is 2.87. The first-order valence-electron chi connectivity index (χ1n) is 12.3. The Morgan fingerprint density at radius 3 is 2.16 bits per heavy atom. The van der Waals surface area contributed by atoms with E-state index in [1.54, 1.807) is 30.3 Å². The number of Topliss-reactive ketones (excluding diaryl/α,β-unsaturated/α-hetero) is 2. The zero-order valence-corrected chi connectivity index (χ0v) is 22.4. The Kier molecular flexibility index (Phi) is 11.2. The van der Waals surface area contributed by atoms with Gasteiger partial charge in [-0.05, 0) is 68.1 Å². The fraction of sp³-hybridized carbons (Fsp3) is 0.290. The number of phenolic OH excluding ortho intramolecular Hbond substituents is 1. The van der Waals surface area contributed by atoms with E-state index < -0.39 is 12.1 Å². The second kappa shape index (κ2) is 14.3. The van der Waals surface area contributed by atoms with E-state index in [0.29, 0.717) is 28.9 Å². The van der Waals surface area contributed by atoms with Crippen LogP contribution in [0, 0.1) is 11.3 Å². The maximum absolute atomic E-state index is 11.8. The van der Waals surface area contributed by atoms with Gasteiger partial charge in [0.05, 0.1) is 17.2 Å². The lowest BCUT2D eigenvalue weighted by Crippen LogP contribution is -2.10. The number of nitriles is 1. The Hall–Kier alpha value is -4.44. The normalized spacial score (nSPS) is 10.8. The van der Waals surface area contributed by atoms with Gasteiger partial charge in [-0.2, -0.15) is 5.26 Å².